The van der Waals surface area contributed by atoms with Gasteiger partial charge >= 0.3 is 0 Å². The highest BCUT2D eigenvalue weighted by molar-refractivity contribution is 6.21. The van der Waals surface area contributed by atoms with Gasteiger partial charge in [-0.05, 0) is 24.5 Å². The van der Waals surface area contributed by atoms with Gasteiger partial charge in [0.2, 0.25) is 0 Å². The van der Waals surface area contributed by atoms with Crippen molar-refractivity contribution < 1.29 is 9.47 Å². The zero-order valence-corrected chi connectivity index (χ0v) is 11.8. The van der Waals surface area contributed by atoms with Crippen LogP contribution in [0.25, 0.3) is 0 Å². The predicted octanol–water partition coefficient (Wildman–Crippen LogP) is 3.80. The van der Waals surface area contributed by atoms with E-state index in [1.54, 1.807) is 0 Å². The summed E-state index contributed by atoms with van der Waals surface area (Å²) in [5.74, 6) is 0.971. The molecule has 2 rings (SSSR count). The number of rotatable bonds is 6. The topological polar surface area (TPSA) is 18.5 Å². The Morgan fingerprint density at radius 3 is 2.72 bits per heavy atom. The molecule has 1 fully saturated rings. The fourth-order valence-corrected chi connectivity index (χ4v) is 2.59. The van der Waals surface area contributed by atoms with E-state index in [-0.39, 0.29) is 17.6 Å². The lowest BCUT2D eigenvalue weighted by atomic mass is 9.90. The predicted molar refractivity (Wildman–Crippen MR) is 74.5 cm³/mol. The first kappa shape index (κ1) is 13.7. The Morgan fingerprint density at radius 1 is 1.28 bits per heavy atom. The van der Waals surface area contributed by atoms with Crippen LogP contribution in [0.3, 0.4) is 0 Å². The average molecular weight is 269 g/mol. The molecule has 1 aromatic rings. The van der Waals surface area contributed by atoms with Crippen LogP contribution >= 0.6 is 11.6 Å². The maximum atomic E-state index is 6.18. The highest BCUT2D eigenvalue weighted by atomic mass is 35.5. The first-order valence-corrected chi connectivity index (χ1v) is 7.20. The molecule has 1 aromatic carbocycles. The van der Waals surface area contributed by atoms with E-state index < -0.39 is 0 Å². The minimum absolute atomic E-state index is 0.0385. The maximum absolute atomic E-state index is 6.18. The van der Waals surface area contributed by atoms with E-state index in [1.165, 1.54) is 5.56 Å². The summed E-state index contributed by atoms with van der Waals surface area (Å²) in [4.78, 5) is 0. The zero-order chi connectivity index (χ0) is 13.0. The van der Waals surface area contributed by atoms with Gasteiger partial charge in [-0.2, -0.15) is 0 Å². The van der Waals surface area contributed by atoms with Crippen molar-refractivity contribution in [2.24, 2.45) is 0 Å². The molecule has 0 spiro atoms. The van der Waals surface area contributed by atoms with Crippen LogP contribution in [0.5, 0.6) is 5.75 Å². The van der Waals surface area contributed by atoms with E-state index in [4.69, 9.17) is 21.1 Å². The lowest BCUT2D eigenvalue weighted by Gasteiger charge is -2.40. The number of benzene rings is 1. The summed E-state index contributed by atoms with van der Waals surface area (Å²) >= 11 is 6.18. The van der Waals surface area contributed by atoms with Crippen LogP contribution in [-0.2, 0) is 11.2 Å². The average Bonchev–Trinajstić information content (AvgIpc) is 2.39. The molecule has 1 saturated carbocycles. The number of alkyl halides is 1. The lowest BCUT2D eigenvalue weighted by molar-refractivity contribution is -0.0800. The molecule has 3 heteroatoms. The van der Waals surface area contributed by atoms with E-state index in [1.807, 2.05) is 18.2 Å². The maximum Gasteiger partial charge on any atom is 0.128 e. The summed E-state index contributed by atoms with van der Waals surface area (Å²) in [6.07, 6.45) is 3.00. The van der Waals surface area contributed by atoms with Crippen molar-refractivity contribution in [3.05, 3.63) is 29.8 Å². The van der Waals surface area contributed by atoms with Crippen molar-refractivity contribution in [3.63, 3.8) is 0 Å². The molecule has 0 aliphatic heterocycles. The Bertz CT molecular complexity index is 381. The second-order valence-corrected chi connectivity index (χ2v) is 5.27. The molecule has 1 aliphatic carbocycles. The SMILES string of the molecule is CCCOC1C(Cl)CC1Oc1ccccc1CC. The Morgan fingerprint density at radius 2 is 2.06 bits per heavy atom. The van der Waals surface area contributed by atoms with Gasteiger partial charge < -0.3 is 9.47 Å². The molecule has 100 valence electrons. The van der Waals surface area contributed by atoms with Gasteiger partial charge in [-0.25, -0.2) is 0 Å². The van der Waals surface area contributed by atoms with Crippen molar-refractivity contribution in [1.29, 1.82) is 0 Å². The number of ether oxygens (including phenoxy) is 2. The van der Waals surface area contributed by atoms with Gasteiger partial charge in [-0.3, -0.25) is 0 Å². The Balaban J connectivity index is 1.96. The number of halogens is 1. The van der Waals surface area contributed by atoms with Crippen LogP contribution in [0.4, 0.5) is 0 Å². The highest BCUT2D eigenvalue weighted by Gasteiger charge is 2.42. The summed E-state index contributed by atoms with van der Waals surface area (Å²) in [5, 5.41) is 0.0929. The van der Waals surface area contributed by atoms with Gasteiger partial charge in [0.05, 0.1) is 5.38 Å². The summed E-state index contributed by atoms with van der Waals surface area (Å²) in [6.45, 7) is 4.99. The molecule has 0 saturated heterocycles. The monoisotopic (exact) mass is 268 g/mol. The highest BCUT2D eigenvalue weighted by Crippen LogP contribution is 2.34. The number of hydrogen-bond acceptors (Lipinski definition) is 2. The van der Waals surface area contributed by atoms with Crippen molar-refractivity contribution in [1.82, 2.24) is 0 Å². The molecular formula is C15H21ClO2. The third-order valence-electron chi connectivity index (χ3n) is 3.33. The molecule has 2 nitrogen and oxygen atoms in total. The molecule has 3 unspecified atom stereocenters. The molecule has 3 atom stereocenters. The molecule has 0 N–H and O–H groups in total. The molecule has 0 aromatic heterocycles. The largest absolute Gasteiger partial charge is 0.487 e. The van der Waals surface area contributed by atoms with E-state index in [9.17, 15) is 0 Å². The van der Waals surface area contributed by atoms with Crippen LogP contribution in [0, 0.1) is 0 Å². The fourth-order valence-electron chi connectivity index (χ4n) is 2.18. The second kappa shape index (κ2) is 6.44. The second-order valence-electron chi connectivity index (χ2n) is 4.70. The number of aryl methyl sites for hydroxylation is 1. The fraction of sp³-hybridized carbons (Fsp3) is 0.600. The Kier molecular flexibility index (Phi) is 4.90. The molecule has 18 heavy (non-hydrogen) atoms. The van der Waals surface area contributed by atoms with E-state index in [2.05, 4.69) is 19.9 Å². The third kappa shape index (κ3) is 2.99. The van der Waals surface area contributed by atoms with Crippen molar-refractivity contribution in [2.45, 2.75) is 50.7 Å². The molecule has 0 amide bonds. The van der Waals surface area contributed by atoms with Gasteiger partial charge in [0.1, 0.15) is 18.0 Å². The van der Waals surface area contributed by atoms with Gasteiger partial charge in [0, 0.05) is 13.0 Å². The Labute approximate surface area is 114 Å². The van der Waals surface area contributed by atoms with Crippen molar-refractivity contribution in [3.8, 4) is 5.75 Å². The van der Waals surface area contributed by atoms with E-state index >= 15 is 0 Å². The third-order valence-corrected chi connectivity index (χ3v) is 3.75. The Hall–Kier alpha value is -0.730. The number of para-hydroxylation sites is 1. The number of hydrogen-bond donors (Lipinski definition) is 0. The summed E-state index contributed by atoms with van der Waals surface area (Å²) < 4.78 is 11.8. The molecule has 0 heterocycles. The first-order valence-electron chi connectivity index (χ1n) is 6.76. The van der Waals surface area contributed by atoms with Gasteiger partial charge in [-0.15, -0.1) is 11.6 Å². The summed E-state index contributed by atoms with van der Waals surface area (Å²) in [6, 6.07) is 8.18. The van der Waals surface area contributed by atoms with Gasteiger partial charge in [-0.1, -0.05) is 32.0 Å². The summed E-state index contributed by atoms with van der Waals surface area (Å²) in [5.41, 5.74) is 1.24. The van der Waals surface area contributed by atoms with Crippen LogP contribution in [-0.4, -0.2) is 24.2 Å². The zero-order valence-electron chi connectivity index (χ0n) is 11.1. The van der Waals surface area contributed by atoms with Crippen molar-refractivity contribution >= 4 is 11.6 Å². The van der Waals surface area contributed by atoms with Crippen LogP contribution < -0.4 is 4.74 Å². The van der Waals surface area contributed by atoms with Gasteiger partial charge in [0.15, 0.2) is 0 Å². The minimum Gasteiger partial charge on any atom is -0.487 e. The van der Waals surface area contributed by atoms with E-state index in [0.29, 0.717) is 0 Å². The summed E-state index contributed by atoms with van der Waals surface area (Å²) in [7, 11) is 0. The molecule has 1 aliphatic rings. The van der Waals surface area contributed by atoms with Crippen LogP contribution in [0.2, 0.25) is 0 Å². The molecule has 0 radical (unpaired) electrons. The van der Waals surface area contributed by atoms with E-state index in [0.717, 1.165) is 31.6 Å². The standard InChI is InChI=1S/C15H21ClO2/c1-3-9-17-15-12(16)10-14(15)18-13-8-6-5-7-11(13)4-2/h5-8,12,14-15H,3-4,9-10H2,1-2H3. The quantitative estimate of drug-likeness (QED) is 0.731. The first-order chi connectivity index (χ1) is 8.76. The van der Waals surface area contributed by atoms with Crippen LogP contribution in [0.1, 0.15) is 32.3 Å². The van der Waals surface area contributed by atoms with Crippen LogP contribution in [0.15, 0.2) is 24.3 Å². The smallest absolute Gasteiger partial charge is 0.128 e. The molecular weight excluding hydrogens is 248 g/mol. The van der Waals surface area contributed by atoms with Crippen molar-refractivity contribution in [2.75, 3.05) is 6.61 Å². The molecule has 0 bridgehead atoms. The lowest BCUT2D eigenvalue weighted by Crippen LogP contribution is -2.52. The minimum atomic E-state index is 0.0385. The van der Waals surface area contributed by atoms with Gasteiger partial charge in [0.25, 0.3) is 0 Å². The normalized spacial score (nSPS) is 26.7.